The van der Waals surface area contributed by atoms with Crippen LogP contribution in [-0.2, 0) is 4.74 Å². The average Bonchev–Trinajstić information content (AvgIpc) is 2.16. The molecule has 0 N–H and O–H groups in total. The van der Waals surface area contributed by atoms with Gasteiger partial charge in [0.2, 0.25) is 0 Å². The first kappa shape index (κ1) is 6.56. The van der Waals surface area contributed by atoms with Crippen LogP contribution in [-0.4, -0.2) is 18.5 Å². The topological polar surface area (TPSA) is 9.23 Å². The van der Waals surface area contributed by atoms with Crippen LogP contribution in [0, 0.1) is 5.41 Å². The summed E-state index contributed by atoms with van der Waals surface area (Å²) in [4.78, 5) is 0.704. The minimum Gasteiger partial charge on any atom is -0.384 e. The van der Waals surface area contributed by atoms with Crippen molar-refractivity contribution in [2.24, 2.45) is 5.41 Å². The maximum atomic E-state index is 5.01. The molecule has 1 nitrogen and oxygen atoms in total. The smallest absolute Gasteiger partial charge is 0.0527 e. The molecule has 2 heteroatoms. The molecule has 8 heavy (non-hydrogen) atoms. The van der Waals surface area contributed by atoms with Crippen molar-refractivity contribution >= 4 is 15.9 Å². The quantitative estimate of drug-likeness (QED) is 0.587. The molecule has 0 spiro atoms. The lowest BCUT2D eigenvalue weighted by Gasteiger charge is -2.04. The van der Waals surface area contributed by atoms with Gasteiger partial charge in [0.15, 0.2) is 0 Å². The van der Waals surface area contributed by atoms with Gasteiger partial charge in [-0.2, -0.15) is 0 Å². The van der Waals surface area contributed by atoms with Crippen LogP contribution in [0.15, 0.2) is 0 Å². The molecule has 0 aromatic carbocycles. The van der Waals surface area contributed by atoms with Crippen LogP contribution in [0.25, 0.3) is 0 Å². The van der Waals surface area contributed by atoms with Crippen molar-refractivity contribution in [3.63, 3.8) is 0 Å². The highest BCUT2D eigenvalue weighted by molar-refractivity contribution is 9.09. The van der Waals surface area contributed by atoms with Gasteiger partial charge in [-0.05, 0) is 6.42 Å². The molecule has 1 aliphatic carbocycles. The summed E-state index contributed by atoms with van der Waals surface area (Å²) < 4.78 is 5.01. The predicted octanol–water partition coefficient (Wildman–Crippen LogP) is 1.81. The number of ether oxygens (including phenoxy) is 1. The average molecular weight is 179 g/mol. The molecular weight excluding hydrogens is 168 g/mol. The van der Waals surface area contributed by atoms with Gasteiger partial charge in [0.05, 0.1) is 6.61 Å². The Hall–Kier alpha value is 0.440. The lowest BCUT2D eigenvalue weighted by Crippen LogP contribution is -2.05. The number of rotatable bonds is 2. The van der Waals surface area contributed by atoms with Gasteiger partial charge in [-0.25, -0.2) is 0 Å². The third kappa shape index (κ3) is 1.06. The molecule has 0 aliphatic heterocycles. The van der Waals surface area contributed by atoms with Gasteiger partial charge >= 0.3 is 0 Å². The van der Waals surface area contributed by atoms with E-state index in [0.717, 1.165) is 6.61 Å². The SMILES string of the molecule is COC[C@]1(C)C[C@@H]1Br. The number of methoxy groups -OCH3 is 1. The minimum absolute atomic E-state index is 0.453. The molecule has 1 fully saturated rings. The standard InChI is InChI=1S/C6H11BrO/c1-6(4-8-2)3-5(6)7/h5H,3-4H2,1-2H3/t5-,6-/m0/s1. The minimum atomic E-state index is 0.453. The van der Waals surface area contributed by atoms with Crippen LogP contribution in [0.3, 0.4) is 0 Å². The lowest BCUT2D eigenvalue weighted by molar-refractivity contribution is 0.151. The van der Waals surface area contributed by atoms with Crippen LogP contribution in [0.1, 0.15) is 13.3 Å². The van der Waals surface area contributed by atoms with E-state index in [1.807, 2.05) is 0 Å². The van der Waals surface area contributed by atoms with E-state index in [-0.39, 0.29) is 0 Å². The maximum Gasteiger partial charge on any atom is 0.0527 e. The van der Waals surface area contributed by atoms with Gasteiger partial charge in [-0.1, -0.05) is 22.9 Å². The van der Waals surface area contributed by atoms with Crippen LogP contribution in [0.5, 0.6) is 0 Å². The first-order valence-electron chi connectivity index (χ1n) is 2.82. The Morgan fingerprint density at radius 1 is 1.88 bits per heavy atom. The summed E-state index contributed by atoms with van der Waals surface area (Å²) in [5, 5.41) is 0. The Balaban J connectivity index is 2.25. The molecule has 0 unspecified atom stereocenters. The van der Waals surface area contributed by atoms with E-state index >= 15 is 0 Å². The first-order chi connectivity index (χ1) is 3.69. The maximum absolute atomic E-state index is 5.01. The molecule has 1 rings (SSSR count). The van der Waals surface area contributed by atoms with Crippen LogP contribution in [0.4, 0.5) is 0 Å². The van der Waals surface area contributed by atoms with Crippen molar-refractivity contribution in [3.05, 3.63) is 0 Å². The van der Waals surface area contributed by atoms with Gasteiger partial charge in [0.1, 0.15) is 0 Å². The second-order valence-electron chi connectivity index (χ2n) is 2.76. The molecule has 0 bridgehead atoms. The monoisotopic (exact) mass is 178 g/mol. The van der Waals surface area contributed by atoms with Gasteiger partial charge in [0, 0.05) is 17.4 Å². The summed E-state index contributed by atoms with van der Waals surface area (Å²) in [7, 11) is 1.75. The third-order valence-corrected chi connectivity index (χ3v) is 3.14. The second-order valence-corrected chi connectivity index (χ2v) is 3.86. The van der Waals surface area contributed by atoms with Crippen molar-refractivity contribution in [1.29, 1.82) is 0 Å². The molecule has 1 aliphatic rings. The van der Waals surface area contributed by atoms with Gasteiger partial charge < -0.3 is 4.74 Å². The first-order valence-corrected chi connectivity index (χ1v) is 3.73. The van der Waals surface area contributed by atoms with Crippen molar-refractivity contribution in [2.75, 3.05) is 13.7 Å². The van der Waals surface area contributed by atoms with E-state index in [2.05, 4.69) is 22.9 Å². The van der Waals surface area contributed by atoms with E-state index in [1.165, 1.54) is 6.42 Å². The summed E-state index contributed by atoms with van der Waals surface area (Å²) in [5.74, 6) is 0. The van der Waals surface area contributed by atoms with Gasteiger partial charge in [-0.15, -0.1) is 0 Å². The summed E-state index contributed by atoms with van der Waals surface area (Å²) in [5.41, 5.74) is 0.453. The van der Waals surface area contributed by atoms with Gasteiger partial charge in [0.25, 0.3) is 0 Å². The third-order valence-electron chi connectivity index (χ3n) is 1.72. The van der Waals surface area contributed by atoms with Crippen molar-refractivity contribution in [3.8, 4) is 0 Å². The largest absolute Gasteiger partial charge is 0.384 e. The van der Waals surface area contributed by atoms with Crippen molar-refractivity contribution < 1.29 is 4.74 Å². The Labute approximate surface area is 58.5 Å². The number of hydrogen-bond acceptors (Lipinski definition) is 1. The highest BCUT2D eigenvalue weighted by Gasteiger charge is 2.48. The van der Waals surface area contributed by atoms with Gasteiger partial charge in [-0.3, -0.25) is 0 Å². The molecule has 48 valence electrons. The molecule has 0 saturated heterocycles. The number of halogens is 1. The lowest BCUT2D eigenvalue weighted by atomic mass is 10.2. The molecule has 2 atom stereocenters. The molecular formula is C6H11BrO. The number of hydrogen-bond donors (Lipinski definition) is 0. The van der Waals surface area contributed by atoms with E-state index in [9.17, 15) is 0 Å². The van der Waals surface area contributed by atoms with E-state index < -0.39 is 0 Å². The normalized spacial score (nSPS) is 44.6. The zero-order chi connectivity index (χ0) is 6.20. The highest BCUT2D eigenvalue weighted by Crippen LogP contribution is 2.50. The van der Waals surface area contributed by atoms with Crippen molar-refractivity contribution in [1.82, 2.24) is 0 Å². The summed E-state index contributed by atoms with van der Waals surface area (Å²) in [6.45, 7) is 3.12. The summed E-state index contributed by atoms with van der Waals surface area (Å²) in [6.07, 6.45) is 1.26. The Morgan fingerprint density at radius 3 is 2.50 bits per heavy atom. The zero-order valence-electron chi connectivity index (χ0n) is 5.28. The Morgan fingerprint density at radius 2 is 2.38 bits per heavy atom. The summed E-state index contributed by atoms with van der Waals surface area (Å²) in [6, 6.07) is 0. The van der Waals surface area contributed by atoms with Crippen LogP contribution in [0.2, 0.25) is 0 Å². The van der Waals surface area contributed by atoms with Crippen molar-refractivity contribution in [2.45, 2.75) is 18.2 Å². The zero-order valence-corrected chi connectivity index (χ0v) is 6.86. The second kappa shape index (κ2) is 1.99. The molecule has 0 amide bonds. The molecule has 0 radical (unpaired) electrons. The van der Waals surface area contributed by atoms with Crippen LogP contribution < -0.4 is 0 Å². The molecule has 0 heterocycles. The highest BCUT2D eigenvalue weighted by atomic mass is 79.9. The fourth-order valence-electron chi connectivity index (χ4n) is 0.830. The molecule has 0 aromatic rings. The predicted molar refractivity (Wildman–Crippen MR) is 37.3 cm³/mol. The van der Waals surface area contributed by atoms with Crippen LogP contribution >= 0.6 is 15.9 Å². The Bertz CT molecular complexity index is 94.5. The fourth-order valence-corrected chi connectivity index (χ4v) is 1.70. The summed E-state index contributed by atoms with van der Waals surface area (Å²) >= 11 is 3.53. The molecule has 1 saturated carbocycles. The van der Waals surface area contributed by atoms with E-state index in [1.54, 1.807) is 7.11 Å². The van der Waals surface area contributed by atoms with E-state index in [0.29, 0.717) is 10.2 Å². The van der Waals surface area contributed by atoms with E-state index in [4.69, 9.17) is 4.74 Å². The Kier molecular flexibility index (Phi) is 1.63. The molecule has 0 aromatic heterocycles. The fraction of sp³-hybridized carbons (Fsp3) is 1.00. The number of alkyl halides is 1.